The van der Waals surface area contributed by atoms with Crippen LogP contribution >= 0.6 is 11.6 Å². The van der Waals surface area contributed by atoms with Gasteiger partial charge >= 0.3 is 0 Å². The molecule has 1 rings (SSSR count). The molecule has 1 aromatic rings. The molecule has 1 unspecified atom stereocenters. The van der Waals surface area contributed by atoms with E-state index in [0.29, 0.717) is 5.88 Å². The van der Waals surface area contributed by atoms with Crippen LogP contribution in [0.25, 0.3) is 0 Å². The Morgan fingerprint density at radius 2 is 1.94 bits per heavy atom. The highest BCUT2D eigenvalue weighted by atomic mass is 35.5. The molecule has 94 valence electrons. The molecule has 0 aromatic heterocycles. The summed E-state index contributed by atoms with van der Waals surface area (Å²) in [4.78, 5) is 12.1. The first kappa shape index (κ1) is 14.0. The van der Waals surface area contributed by atoms with Crippen LogP contribution in [-0.4, -0.2) is 11.8 Å². The van der Waals surface area contributed by atoms with Crippen LogP contribution in [0.15, 0.2) is 30.3 Å². The molecule has 2 nitrogen and oxygen atoms in total. The lowest BCUT2D eigenvalue weighted by atomic mass is 9.89. The first-order valence-corrected chi connectivity index (χ1v) is 6.46. The Morgan fingerprint density at radius 1 is 1.35 bits per heavy atom. The summed E-state index contributed by atoms with van der Waals surface area (Å²) in [7, 11) is 0. The fraction of sp³-hybridized carbons (Fsp3) is 0.500. The van der Waals surface area contributed by atoms with Gasteiger partial charge in [-0.3, -0.25) is 4.79 Å². The zero-order valence-corrected chi connectivity index (χ0v) is 11.4. The molecule has 0 saturated carbocycles. The van der Waals surface area contributed by atoms with Crippen LogP contribution in [-0.2, 0) is 4.79 Å². The highest BCUT2D eigenvalue weighted by molar-refractivity contribution is 6.18. The second kappa shape index (κ2) is 6.06. The van der Waals surface area contributed by atoms with Gasteiger partial charge in [-0.25, -0.2) is 0 Å². The number of hydrogen-bond donors (Lipinski definition) is 1. The summed E-state index contributed by atoms with van der Waals surface area (Å²) in [5.74, 6) is 0.435. The number of alkyl halides is 1. The van der Waals surface area contributed by atoms with Gasteiger partial charge in [0.05, 0.1) is 6.04 Å². The van der Waals surface area contributed by atoms with Crippen LogP contribution in [0.4, 0.5) is 0 Å². The first-order chi connectivity index (χ1) is 8.01. The average Bonchev–Trinajstić information content (AvgIpc) is 2.36. The van der Waals surface area contributed by atoms with Crippen LogP contribution < -0.4 is 5.32 Å². The number of amides is 1. The van der Waals surface area contributed by atoms with Gasteiger partial charge in [0, 0.05) is 11.3 Å². The van der Waals surface area contributed by atoms with E-state index in [0.717, 1.165) is 12.0 Å². The van der Waals surface area contributed by atoms with E-state index in [1.807, 2.05) is 51.1 Å². The molecular formula is C14H20ClNO. The number of hydrogen-bond acceptors (Lipinski definition) is 1. The highest BCUT2D eigenvalue weighted by Gasteiger charge is 2.27. The fourth-order valence-electron chi connectivity index (χ4n) is 1.41. The molecule has 1 amide bonds. The predicted molar refractivity (Wildman–Crippen MR) is 72.1 cm³/mol. The maximum Gasteiger partial charge on any atom is 0.226 e. The Labute approximate surface area is 108 Å². The van der Waals surface area contributed by atoms with Crippen molar-refractivity contribution in [1.82, 2.24) is 5.32 Å². The van der Waals surface area contributed by atoms with Gasteiger partial charge in [-0.05, 0) is 12.0 Å². The highest BCUT2D eigenvalue weighted by Crippen LogP contribution is 2.22. The van der Waals surface area contributed by atoms with Crippen molar-refractivity contribution < 1.29 is 4.79 Å². The van der Waals surface area contributed by atoms with E-state index in [1.165, 1.54) is 0 Å². The molecule has 3 heteroatoms. The molecule has 0 radical (unpaired) electrons. The van der Waals surface area contributed by atoms with E-state index >= 15 is 0 Å². The van der Waals surface area contributed by atoms with E-state index in [4.69, 9.17) is 11.6 Å². The van der Waals surface area contributed by atoms with E-state index in [2.05, 4.69) is 5.32 Å². The van der Waals surface area contributed by atoms with Crippen LogP contribution in [0.1, 0.15) is 38.8 Å². The molecular weight excluding hydrogens is 234 g/mol. The number of carbonyl (C=O) groups excluding carboxylic acids is 1. The summed E-state index contributed by atoms with van der Waals surface area (Å²) in [5.41, 5.74) is 0.696. The molecule has 0 aliphatic rings. The molecule has 0 saturated heterocycles. The molecule has 17 heavy (non-hydrogen) atoms. The monoisotopic (exact) mass is 253 g/mol. The summed E-state index contributed by atoms with van der Waals surface area (Å²) in [5, 5.41) is 3.00. The quantitative estimate of drug-likeness (QED) is 0.800. The van der Waals surface area contributed by atoms with Crippen molar-refractivity contribution in [3.63, 3.8) is 0 Å². The van der Waals surface area contributed by atoms with Gasteiger partial charge in [-0.1, -0.05) is 51.1 Å². The summed E-state index contributed by atoms with van der Waals surface area (Å²) < 4.78 is 0. The number of carbonyl (C=O) groups is 1. The van der Waals surface area contributed by atoms with Crippen molar-refractivity contribution in [2.45, 2.75) is 33.2 Å². The topological polar surface area (TPSA) is 29.1 Å². The van der Waals surface area contributed by atoms with Gasteiger partial charge in [0.25, 0.3) is 0 Å². The second-order valence-corrected chi connectivity index (χ2v) is 5.14. The van der Waals surface area contributed by atoms with E-state index < -0.39 is 0 Å². The molecule has 1 N–H and O–H groups in total. The van der Waals surface area contributed by atoms with Crippen LogP contribution in [0, 0.1) is 5.41 Å². The number of rotatable bonds is 5. The van der Waals surface area contributed by atoms with Crippen molar-refractivity contribution in [3.05, 3.63) is 35.9 Å². The van der Waals surface area contributed by atoms with Crippen molar-refractivity contribution >= 4 is 17.5 Å². The van der Waals surface area contributed by atoms with Gasteiger partial charge in [0.2, 0.25) is 5.91 Å². The minimum absolute atomic E-state index is 0.0505. The van der Waals surface area contributed by atoms with Crippen molar-refractivity contribution in [2.75, 3.05) is 5.88 Å². The van der Waals surface area contributed by atoms with Crippen molar-refractivity contribution in [1.29, 1.82) is 0 Å². The Morgan fingerprint density at radius 3 is 2.41 bits per heavy atom. The fourth-order valence-corrected chi connectivity index (χ4v) is 1.67. The molecule has 0 spiro atoms. The lowest BCUT2D eigenvalue weighted by Crippen LogP contribution is -2.39. The maximum atomic E-state index is 12.1. The van der Waals surface area contributed by atoms with Crippen LogP contribution in [0.3, 0.4) is 0 Å². The summed E-state index contributed by atoms with van der Waals surface area (Å²) in [6, 6.07) is 9.69. The smallest absolute Gasteiger partial charge is 0.226 e. The van der Waals surface area contributed by atoms with E-state index in [9.17, 15) is 4.79 Å². The molecule has 0 aliphatic carbocycles. The molecule has 0 fully saturated rings. The summed E-state index contributed by atoms with van der Waals surface area (Å²) in [6.07, 6.45) is 0.808. The third kappa shape index (κ3) is 3.74. The van der Waals surface area contributed by atoms with Gasteiger partial charge in [-0.2, -0.15) is 0 Å². The normalized spacial score (nSPS) is 13.2. The second-order valence-electron chi connectivity index (χ2n) is 4.83. The molecule has 0 aliphatic heterocycles. The minimum atomic E-state index is -0.348. The Balaban J connectivity index is 2.75. The molecule has 0 heterocycles. The predicted octanol–water partition coefficient (Wildman–Crippen LogP) is 3.52. The Bertz CT molecular complexity index is 362. The first-order valence-electron chi connectivity index (χ1n) is 5.93. The number of nitrogens with one attached hydrogen (secondary N) is 1. The van der Waals surface area contributed by atoms with Gasteiger partial charge in [0.1, 0.15) is 0 Å². The zero-order valence-electron chi connectivity index (χ0n) is 10.7. The Kier molecular flexibility index (Phi) is 5.01. The summed E-state index contributed by atoms with van der Waals surface area (Å²) in [6.45, 7) is 5.90. The standard InChI is InChI=1S/C14H20ClNO/c1-4-14(2,3)13(17)16-12(10-15)11-8-6-5-7-9-11/h5-9,12H,4,10H2,1-3H3,(H,16,17). The maximum absolute atomic E-state index is 12.1. The summed E-state index contributed by atoms with van der Waals surface area (Å²) >= 11 is 5.92. The SMILES string of the molecule is CCC(C)(C)C(=O)NC(CCl)c1ccccc1. The Hall–Kier alpha value is -1.02. The van der Waals surface area contributed by atoms with Crippen LogP contribution in [0.5, 0.6) is 0 Å². The number of halogens is 1. The lowest BCUT2D eigenvalue weighted by molar-refractivity contribution is -0.130. The van der Waals surface area contributed by atoms with Gasteiger partial charge in [0.15, 0.2) is 0 Å². The molecule has 1 aromatic carbocycles. The lowest BCUT2D eigenvalue weighted by Gasteiger charge is -2.25. The van der Waals surface area contributed by atoms with Crippen molar-refractivity contribution in [3.8, 4) is 0 Å². The largest absolute Gasteiger partial charge is 0.348 e. The molecule has 1 atom stereocenters. The van der Waals surface area contributed by atoms with Crippen molar-refractivity contribution in [2.24, 2.45) is 5.41 Å². The third-order valence-electron chi connectivity index (χ3n) is 3.16. The van der Waals surface area contributed by atoms with Gasteiger partial charge < -0.3 is 5.32 Å². The van der Waals surface area contributed by atoms with Crippen LogP contribution in [0.2, 0.25) is 0 Å². The third-order valence-corrected chi connectivity index (χ3v) is 3.47. The number of benzene rings is 1. The van der Waals surface area contributed by atoms with E-state index in [-0.39, 0.29) is 17.4 Å². The van der Waals surface area contributed by atoms with E-state index in [1.54, 1.807) is 0 Å². The van der Waals surface area contributed by atoms with Gasteiger partial charge in [-0.15, -0.1) is 11.6 Å². The molecule has 0 bridgehead atoms. The minimum Gasteiger partial charge on any atom is -0.348 e. The average molecular weight is 254 g/mol. The zero-order chi connectivity index (χ0) is 12.9.